The molecule has 1 aliphatic carbocycles. The third kappa shape index (κ3) is 4.57. The Morgan fingerprint density at radius 2 is 1.93 bits per heavy atom. The number of Topliss-reactive ketones (excluding diaryl/α,β-unsaturated/α-hetero) is 1. The van der Waals surface area contributed by atoms with Crippen LogP contribution in [-0.4, -0.2) is 60.9 Å². The van der Waals surface area contributed by atoms with Crippen LogP contribution in [0.4, 0.5) is 5.69 Å². The Kier molecular flexibility index (Phi) is 7.30. The van der Waals surface area contributed by atoms with Gasteiger partial charge in [0, 0.05) is 48.6 Å². The SMILES string of the molecule is C=CC(=O)N1CCC(NC(=O)c2sc3c(N)ccc4c3c2C(N)C(=O)C4(N)c2ccc(OC3CCOCC3)cc2C)C1. The van der Waals surface area contributed by atoms with Crippen LogP contribution < -0.4 is 27.3 Å². The number of likely N-dealkylation sites (tertiary alicyclic amines) is 1. The van der Waals surface area contributed by atoms with Crippen LogP contribution in [0.5, 0.6) is 5.75 Å². The maximum Gasteiger partial charge on any atom is 0.262 e. The second-order valence-electron chi connectivity index (χ2n) is 11.3. The zero-order chi connectivity index (χ0) is 29.8. The molecular formula is C31H35N5O5S. The van der Waals surface area contributed by atoms with E-state index < -0.39 is 17.4 Å². The molecule has 0 saturated carbocycles. The van der Waals surface area contributed by atoms with E-state index in [0.717, 1.165) is 18.4 Å². The lowest BCUT2D eigenvalue weighted by atomic mass is 9.69. The fraction of sp³-hybridized carbons (Fsp3) is 0.387. The average molecular weight is 590 g/mol. The molecule has 3 atom stereocenters. The Morgan fingerprint density at radius 3 is 2.64 bits per heavy atom. The molecule has 2 saturated heterocycles. The number of thiophene rings is 1. The Morgan fingerprint density at radius 1 is 1.19 bits per heavy atom. The highest BCUT2D eigenvalue weighted by Crippen LogP contribution is 2.50. The summed E-state index contributed by atoms with van der Waals surface area (Å²) in [5.41, 5.74) is 21.5. The highest BCUT2D eigenvalue weighted by Gasteiger charge is 2.49. The van der Waals surface area contributed by atoms with Crippen molar-refractivity contribution >= 4 is 44.7 Å². The molecule has 3 unspecified atom stereocenters. The van der Waals surface area contributed by atoms with E-state index >= 15 is 0 Å². The van der Waals surface area contributed by atoms with Gasteiger partial charge in [-0.15, -0.1) is 11.3 Å². The monoisotopic (exact) mass is 589 g/mol. The predicted molar refractivity (Wildman–Crippen MR) is 161 cm³/mol. The van der Waals surface area contributed by atoms with Crippen LogP contribution in [0.25, 0.3) is 10.1 Å². The number of amides is 2. The Bertz CT molecular complexity index is 1610. The zero-order valence-electron chi connectivity index (χ0n) is 23.5. The lowest BCUT2D eigenvalue weighted by molar-refractivity contribution is -0.125. The highest BCUT2D eigenvalue weighted by molar-refractivity contribution is 7.21. The van der Waals surface area contributed by atoms with Crippen LogP contribution >= 0.6 is 11.3 Å². The summed E-state index contributed by atoms with van der Waals surface area (Å²) < 4.78 is 12.3. The molecule has 2 aliphatic heterocycles. The largest absolute Gasteiger partial charge is 0.490 e. The molecule has 3 aromatic rings. The number of hydrogen-bond acceptors (Lipinski definition) is 9. The van der Waals surface area contributed by atoms with Gasteiger partial charge >= 0.3 is 0 Å². The first-order valence-electron chi connectivity index (χ1n) is 14.1. The number of anilines is 1. The molecule has 7 N–H and O–H groups in total. The molecule has 0 radical (unpaired) electrons. The minimum atomic E-state index is -1.55. The van der Waals surface area contributed by atoms with Crippen LogP contribution in [-0.2, 0) is 19.9 Å². The minimum absolute atomic E-state index is 0.0741. The molecule has 10 nitrogen and oxygen atoms in total. The van der Waals surface area contributed by atoms with Gasteiger partial charge in [0.05, 0.1) is 28.8 Å². The van der Waals surface area contributed by atoms with Gasteiger partial charge in [-0.25, -0.2) is 0 Å². The van der Waals surface area contributed by atoms with Gasteiger partial charge in [-0.3, -0.25) is 14.4 Å². The molecular weight excluding hydrogens is 554 g/mol. The summed E-state index contributed by atoms with van der Waals surface area (Å²) in [6.07, 6.45) is 3.60. The maximum absolute atomic E-state index is 14.2. The van der Waals surface area contributed by atoms with Crippen LogP contribution in [0.3, 0.4) is 0 Å². The molecule has 3 heterocycles. The van der Waals surface area contributed by atoms with Crippen LogP contribution in [0.15, 0.2) is 43.0 Å². The van der Waals surface area contributed by atoms with Gasteiger partial charge < -0.3 is 36.9 Å². The number of nitrogen functional groups attached to an aromatic ring is 1. The summed E-state index contributed by atoms with van der Waals surface area (Å²) in [6, 6.07) is 7.68. The van der Waals surface area contributed by atoms with E-state index in [4.69, 9.17) is 26.7 Å². The van der Waals surface area contributed by atoms with Crippen molar-refractivity contribution in [1.82, 2.24) is 10.2 Å². The number of ether oxygens (including phenoxy) is 2. The van der Waals surface area contributed by atoms with Gasteiger partial charge in [0.25, 0.3) is 5.91 Å². The molecule has 0 bridgehead atoms. The highest BCUT2D eigenvalue weighted by atomic mass is 32.1. The normalized spacial score (nSPS) is 24.2. The summed E-state index contributed by atoms with van der Waals surface area (Å²) >= 11 is 1.21. The lowest BCUT2D eigenvalue weighted by Gasteiger charge is -2.37. The number of nitrogens with one attached hydrogen (secondary N) is 1. The average Bonchev–Trinajstić information content (AvgIpc) is 3.62. The van der Waals surface area contributed by atoms with Crippen molar-refractivity contribution in [2.75, 3.05) is 32.0 Å². The van der Waals surface area contributed by atoms with Crippen molar-refractivity contribution in [2.45, 2.75) is 49.9 Å². The zero-order valence-corrected chi connectivity index (χ0v) is 24.3. The molecule has 2 fully saturated rings. The quantitative estimate of drug-likeness (QED) is 0.252. The molecule has 3 aliphatic rings. The summed E-state index contributed by atoms with van der Waals surface area (Å²) in [6.45, 7) is 7.69. The van der Waals surface area contributed by atoms with Crippen LogP contribution in [0, 0.1) is 6.92 Å². The Labute approximate surface area is 247 Å². The minimum Gasteiger partial charge on any atom is -0.490 e. The van der Waals surface area contributed by atoms with Crippen LogP contribution in [0.1, 0.15) is 57.2 Å². The first kappa shape index (κ1) is 28.4. The van der Waals surface area contributed by atoms with E-state index in [-0.39, 0.29) is 24.0 Å². The number of aryl methyl sites for hydroxylation is 1. The summed E-state index contributed by atoms with van der Waals surface area (Å²) in [5.74, 6) is -0.227. The first-order valence-corrected chi connectivity index (χ1v) is 15.0. The maximum atomic E-state index is 14.2. The number of hydrogen-bond donors (Lipinski definition) is 4. The van der Waals surface area contributed by atoms with Crippen molar-refractivity contribution in [3.8, 4) is 5.75 Å². The first-order chi connectivity index (χ1) is 20.1. The molecule has 1 aromatic heterocycles. The van der Waals surface area contributed by atoms with Gasteiger partial charge in [0.1, 0.15) is 17.4 Å². The molecule has 6 rings (SSSR count). The fourth-order valence-corrected chi connectivity index (χ4v) is 7.63. The third-order valence-corrected chi connectivity index (χ3v) is 9.88. The van der Waals surface area contributed by atoms with Gasteiger partial charge in [-0.05, 0) is 54.3 Å². The summed E-state index contributed by atoms with van der Waals surface area (Å²) in [4.78, 5) is 41.7. The number of ketones is 1. The topological polar surface area (TPSA) is 163 Å². The van der Waals surface area contributed by atoms with Gasteiger partial charge in [-0.2, -0.15) is 0 Å². The standard InChI is InChI=1S/C31H35N5O5S/c1-3-23(37)36-11-8-17(15-36)35-30(39)28-25-24-21(6-7-22(32)27(24)42-28)31(34,29(38)26(25)33)20-5-4-19(14-16(20)2)41-18-9-12-40-13-10-18/h3-7,14,17-18,26H,1,8-13,15,32-34H2,2H3,(H,35,39). The molecule has 220 valence electrons. The summed E-state index contributed by atoms with van der Waals surface area (Å²) in [7, 11) is 0. The number of carbonyl (C=O) groups is 3. The summed E-state index contributed by atoms with van der Waals surface area (Å²) in [5, 5.41) is 3.67. The van der Waals surface area contributed by atoms with E-state index in [1.165, 1.54) is 17.4 Å². The van der Waals surface area contributed by atoms with Crippen molar-refractivity contribution in [1.29, 1.82) is 0 Å². The molecule has 11 heteroatoms. The second kappa shape index (κ2) is 10.8. The van der Waals surface area contributed by atoms with Crippen molar-refractivity contribution in [3.63, 3.8) is 0 Å². The fourth-order valence-electron chi connectivity index (χ4n) is 6.42. The number of carbonyl (C=O) groups excluding carboxylic acids is 3. The van der Waals surface area contributed by atoms with Crippen LogP contribution in [0.2, 0.25) is 0 Å². The van der Waals surface area contributed by atoms with E-state index in [1.54, 1.807) is 17.0 Å². The third-order valence-electron chi connectivity index (χ3n) is 8.62. The number of nitrogens with zero attached hydrogens (tertiary/aromatic N) is 1. The van der Waals surface area contributed by atoms with Gasteiger partial charge in [0.15, 0.2) is 5.78 Å². The predicted octanol–water partition coefficient (Wildman–Crippen LogP) is 2.65. The number of benzene rings is 2. The van der Waals surface area contributed by atoms with Crippen molar-refractivity contribution in [3.05, 3.63) is 70.1 Å². The van der Waals surface area contributed by atoms with Gasteiger partial charge in [-0.1, -0.05) is 18.7 Å². The molecule has 2 amide bonds. The lowest BCUT2D eigenvalue weighted by Crippen LogP contribution is -2.53. The van der Waals surface area contributed by atoms with E-state index in [0.29, 0.717) is 75.8 Å². The Balaban J connectivity index is 1.37. The second-order valence-corrected chi connectivity index (χ2v) is 12.3. The Hall–Kier alpha value is -3.77. The van der Waals surface area contributed by atoms with E-state index in [1.807, 2.05) is 25.1 Å². The molecule has 2 aromatic carbocycles. The van der Waals surface area contributed by atoms with E-state index in [9.17, 15) is 14.4 Å². The molecule has 0 spiro atoms. The number of nitrogens with two attached hydrogens (primary N) is 3. The van der Waals surface area contributed by atoms with Crippen molar-refractivity contribution in [2.24, 2.45) is 11.5 Å². The molecule has 42 heavy (non-hydrogen) atoms. The number of rotatable bonds is 6. The van der Waals surface area contributed by atoms with Crippen molar-refractivity contribution < 1.29 is 23.9 Å². The van der Waals surface area contributed by atoms with E-state index in [2.05, 4.69) is 11.9 Å². The smallest absolute Gasteiger partial charge is 0.262 e. The van der Waals surface area contributed by atoms with Gasteiger partial charge in [0.2, 0.25) is 5.91 Å².